The molecule has 2 aromatic carbocycles. The minimum atomic E-state index is -1.06. The third kappa shape index (κ3) is 3.81. The van der Waals surface area contributed by atoms with Crippen molar-refractivity contribution in [2.45, 2.75) is 12.1 Å². The summed E-state index contributed by atoms with van der Waals surface area (Å²) >= 11 is 1.04. The number of carbonyl (C=O) groups is 1. The van der Waals surface area contributed by atoms with Crippen molar-refractivity contribution < 1.29 is 13.6 Å². The van der Waals surface area contributed by atoms with Gasteiger partial charge in [0.25, 0.3) is 5.56 Å². The van der Waals surface area contributed by atoms with Crippen LogP contribution in [0.25, 0.3) is 16.7 Å². The summed E-state index contributed by atoms with van der Waals surface area (Å²) in [5, 5.41) is 9.66. The maximum Gasteiger partial charge on any atom is 0.269 e. The van der Waals surface area contributed by atoms with Gasteiger partial charge >= 0.3 is 0 Å². The minimum absolute atomic E-state index is 0.100. The van der Waals surface area contributed by atoms with E-state index in [1.54, 1.807) is 12.1 Å². The van der Waals surface area contributed by atoms with Gasteiger partial charge in [-0.15, -0.1) is 0 Å². The third-order valence-corrected chi connectivity index (χ3v) is 5.28. The monoisotopic (exact) mass is 427 g/mol. The molecule has 0 radical (unpaired) electrons. The molecule has 0 spiro atoms. The molecule has 0 bridgehead atoms. The Kier molecular flexibility index (Phi) is 5.32. The highest BCUT2D eigenvalue weighted by molar-refractivity contribution is 7.99. The number of hydrogen-bond donors (Lipinski definition) is 2. The van der Waals surface area contributed by atoms with Crippen LogP contribution in [0.1, 0.15) is 5.56 Å². The molecule has 0 atom stereocenters. The fourth-order valence-corrected chi connectivity index (χ4v) is 3.70. The third-order valence-electron chi connectivity index (χ3n) is 4.34. The maximum atomic E-state index is 13.3. The number of aromatic amines is 1. The lowest BCUT2D eigenvalue weighted by Gasteiger charge is -2.14. The van der Waals surface area contributed by atoms with Crippen LogP contribution in [0.15, 0.2) is 58.6 Å². The number of nitrogens with one attached hydrogen (secondary N) is 2. The second kappa shape index (κ2) is 8.07. The first-order chi connectivity index (χ1) is 14.4. The zero-order valence-corrected chi connectivity index (χ0v) is 16.5. The minimum Gasteiger partial charge on any atom is -0.325 e. The van der Waals surface area contributed by atoms with Crippen molar-refractivity contribution in [2.75, 3.05) is 11.1 Å². The summed E-state index contributed by atoms with van der Waals surface area (Å²) in [5.74, 6) is -2.61. The zero-order chi connectivity index (χ0) is 21.3. The summed E-state index contributed by atoms with van der Waals surface area (Å²) in [4.78, 5) is 29.8. The highest BCUT2D eigenvalue weighted by Gasteiger charge is 2.17. The molecule has 2 aromatic heterocycles. The van der Waals surface area contributed by atoms with E-state index < -0.39 is 17.5 Å². The summed E-state index contributed by atoms with van der Waals surface area (Å²) in [6, 6.07) is 10.4. The summed E-state index contributed by atoms with van der Waals surface area (Å²) in [7, 11) is 0. The lowest BCUT2D eigenvalue weighted by Crippen LogP contribution is -2.23. The van der Waals surface area contributed by atoms with E-state index in [1.165, 1.54) is 16.8 Å². The van der Waals surface area contributed by atoms with E-state index in [4.69, 9.17) is 0 Å². The van der Waals surface area contributed by atoms with Crippen LogP contribution < -0.4 is 10.9 Å². The molecule has 4 aromatic rings. The van der Waals surface area contributed by atoms with Crippen molar-refractivity contribution in [3.8, 4) is 5.69 Å². The topological polar surface area (TPSA) is 92.7 Å². The second-order valence-corrected chi connectivity index (χ2v) is 7.36. The van der Waals surface area contributed by atoms with Gasteiger partial charge in [0.2, 0.25) is 5.91 Å². The molecule has 2 N–H and O–H groups in total. The average Bonchev–Trinajstić information content (AvgIpc) is 3.19. The smallest absolute Gasteiger partial charge is 0.269 e. The van der Waals surface area contributed by atoms with E-state index in [-0.39, 0.29) is 17.0 Å². The number of carbonyl (C=O) groups excluding carboxylic acids is 1. The van der Waals surface area contributed by atoms with Gasteiger partial charge in [-0.2, -0.15) is 5.10 Å². The van der Waals surface area contributed by atoms with Gasteiger partial charge in [-0.25, -0.2) is 13.8 Å². The molecule has 0 fully saturated rings. The summed E-state index contributed by atoms with van der Waals surface area (Å²) in [5.41, 5.74) is 1.63. The normalized spacial score (nSPS) is 11.0. The molecule has 30 heavy (non-hydrogen) atoms. The average molecular weight is 427 g/mol. The Morgan fingerprint density at radius 2 is 2.00 bits per heavy atom. The molecule has 0 saturated heterocycles. The van der Waals surface area contributed by atoms with Gasteiger partial charge in [0.1, 0.15) is 5.39 Å². The Labute approximate surface area is 173 Å². The highest BCUT2D eigenvalue weighted by Crippen LogP contribution is 2.23. The molecular formula is C20H15F2N5O2S. The Bertz CT molecular complexity index is 1320. The largest absolute Gasteiger partial charge is 0.325 e. The molecule has 0 unspecified atom stereocenters. The fourth-order valence-electron chi connectivity index (χ4n) is 2.90. The van der Waals surface area contributed by atoms with Crippen molar-refractivity contribution in [3.05, 3.63) is 76.2 Å². The number of fused-ring (bicyclic) bond motifs is 1. The number of benzene rings is 2. The summed E-state index contributed by atoms with van der Waals surface area (Å²) < 4.78 is 27.8. The molecular weight excluding hydrogens is 412 g/mol. The van der Waals surface area contributed by atoms with Crippen molar-refractivity contribution >= 4 is 34.4 Å². The molecule has 0 aliphatic rings. The van der Waals surface area contributed by atoms with E-state index in [2.05, 4.69) is 20.5 Å². The first kappa shape index (κ1) is 19.8. The predicted octanol–water partition coefficient (Wildman–Crippen LogP) is 3.43. The molecule has 7 nitrogen and oxygen atoms in total. The first-order valence-electron chi connectivity index (χ1n) is 8.84. The van der Waals surface area contributed by atoms with Crippen LogP contribution in [0.4, 0.5) is 14.5 Å². The molecule has 0 aliphatic heterocycles. The van der Waals surface area contributed by atoms with Gasteiger partial charge in [0.15, 0.2) is 22.4 Å². The lowest BCUT2D eigenvalue weighted by atomic mass is 10.2. The van der Waals surface area contributed by atoms with Crippen molar-refractivity contribution in [3.63, 3.8) is 0 Å². The van der Waals surface area contributed by atoms with Crippen LogP contribution in [0.3, 0.4) is 0 Å². The molecule has 0 aliphatic carbocycles. The fraction of sp³-hybridized carbons (Fsp3) is 0.100. The number of nitrogens with zero attached hydrogens (tertiary/aromatic N) is 3. The van der Waals surface area contributed by atoms with Gasteiger partial charge in [0.05, 0.1) is 17.6 Å². The predicted molar refractivity (Wildman–Crippen MR) is 110 cm³/mol. The molecule has 10 heteroatoms. The van der Waals surface area contributed by atoms with Crippen LogP contribution in [0.2, 0.25) is 0 Å². The Balaban J connectivity index is 1.64. The van der Waals surface area contributed by atoms with Crippen LogP contribution in [0.5, 0.6) is 0 Å². The quantitative estimate of drug-likeness (QED) is 0.376. The van der Waals surface area contributed by atoms with E-state index in [0.29, 0.717) is 21.9 Å². The Hall–Kier alpha value is -3.53. The zero-order valence-electron chi connectivity index (χ0n) is 15.6. The standard InChI is InChI=1S/C20H15F2N5O2S/c1-11-4-2-3-5-16(11)27-19(29)13-9-23-26-18(13)25-20(27)30-10-17(28)24-12-6-7-14(21)15(22)8-12/h2-9H,10H2,1H3,(H,23,26)(H,24,28). The molecule has 152 valence electrons. The first-order valence-corrected chi connectivity index (χ1v) is 9.82. The number of rotatable bonds is 5. The van der Waals surface area contributed by atoms with Gasteiger partial charge in [-0.05, 0) is 30.7 Å². The van der Waals surface area contributed by atoms with Crippen molar-refractivity contribution in [2.24, 2.45) is 0 Å². The van der Waals surface area contributed by atoms with Crippen molar-refractivity contribution in [1.29, 1.82) is 0 Å². The lowest BCUT2D eigenvalue weighted by molar-refractivity contribution is -0.113. The van der Waals surface area contributed by atoms with Crippen LogP contribution in [0, 0.1) is 18.6 Å². The number of para-hydroxylation sites is 1. The van der Waals surface area contributed by atoms with E-state index >= 15 is 0 Å². The van der Waals surface area contributed by atoms with Gasteiger partial charge in [-0.1, -0.05) is 30.0 Å². The Morgan fingerprint density at radius 1 is 1.20 bits per heavy atom. The highest BCUT2D eigenvalue weighted by atomic mass is 32.2. The summed E-state index contributed by atoms with van der Waals surface area (Å²) in [6.45, 7) is 1.87. The number of amides is 1. The van der Waals surface area contributed by atoms with Gasteiger partial charge in [0, 0.05) is 11.8 Å². The molecule has 1 amide bonds. The number of aryl methyl sites for hydroxylation is 1. The summed E-state index contributed by atoms with van der Waals surface area (Å²) in [6.07, 6.45) is 1.41. The number of H-pyrrole nitrogens is 1. The maximum absolute atomic E-state index is 13.3. The number of hydrogen-bond acceptors (Lipinski definition) is 5. The van der Waals surface area contributed by atoms with E-state index in [1.807, 2.05) is 19.1 Å². The SMILES string of the molecule is Cc1ccccc1-n1c(SCC(=O)Nc2ccc(F)c(F)c2)nc2[nH]ncc2c1=O. The van der Waals surface area contributed by atoms with Crippen LogP contribution in [-0.4, -0.2) is 31.4 Å². The second-order valence-electron chi connectivity index (χ2n) is 6.42. The number of thioether (sulfide) groups is 1. The van der Waals surface area contributed by atoms with E-state index in [9.17, 15) is 18.4 Å². The van der Waals surface area contributed by atoms with Gasteiger partial charge in [-0.3, -0.25) is 19.3 Å². The number of aromatic nitrogens is 4. The number of halogens is 2. The van der Waals surface area contributed by atoms with Crippen LogP contribution in [-0.2, 0) is 4.79 Å². The molecule has 2 heterocycles. The van der Waals surface area contributed by atoms with E-state index in [0.717, 1.165) is 29.5 Å². The van der Waals surface area contributed by atoms with Gasteiger partial charge < -0.3 is 5.32 Å². The molecule has 0 saturated carbocycles. The molecule has 4 rings (SSSR count). The number of anilines is 1. The Morgan fingerprint density at radius 3 is 2.77 bits per heavy atom. The van der Waals surface area contributed by atoms with Crippen LogP contribution >= 0.6 is 11.8 Å². The van der Waals surface area contributed by atoms with Crippen molar-refractivity contribution in [1.82, 2.24) is 19.7 Å².